The maximum atomic E-state index is 14.1. The minimum Gasteiger partial charge on any atom is -0.392 e. The Kier molecular flexibility index (Phi) is 12.9. The van der Waals surface area contributed by atoms with E-state index in [2.05, 4.69) is 55.8 Å². The number of piperidine rings is 1. The molecule has 0 spiro atoms. The molecule has 0 radical (unpaired) electrons. The molecule has 3 aromatic heterocycles. The summed E-state index contributed by atoms with van der Waals surface area (Å²) in [4.78, 5) is 31.0. The van der Waals surface area contributed by atoms with Crippen molar-refractivity contribution in [2.45, 2.75) is 126 Å². The van der Waals surface area contributed by atoms with Crippen LogP contribution < -0.4 is 10.6 Å². The second-order valence-corrected chi connectivity index (χ2v) is 20.2. The first-order chi connectivity index (χ1) is 29.7. The van der Waals surface area contributed by atoms with Crippen molar-refractivity contribution in [3.05, 3.63) is 92.5 Å². The van der Waals surface area contributed by atoms with Crippen molar-refractivity contribution in [2.24, 2.45) is 17.8 Å². The lowest BCUT2D eigenvalue weighted by molar-refractivity contribution is -0.135. The van der Waals surface area contributed by atoms with Crippen LogP contribution in [0.2, 0.25) is 0 Å². The number of nitrogens with zero attached hydrogens (tertiary/aromatic N) is 4. The highest BCUT2D eigenvalue weighted by atomic mass is 32.1. The summed E-state index contributed by atoms with van der Waals surface area (Å²) in [7, 11) is 2.23. The molecule has 5 aromatic rings. The van der Waals surface area contributed by atoms with Crippen LogP contribution in [0.4, 0.5) is 0 Å². The number of aliphatic hydroxyl groups excluding tert-OH is 2. The fourth-order valence-electron chi connectivity index (χ4n) is 11.1. The third-order valence-corrected chi connectivity index (χ3v) is 16.7. The lowest BCUT2D eigenvalue weighted by Crippen LogP contribution is -2.58. The van der Waals surface area contributed by atoms with Gasteiger partial charge in [-0.25, -0.2) is 4.68 Å². The molecule has 1 saturated heterocycles. The van der Waals surface area contributed by atoms with Gasteiger partial charge in [0.25, 0.3) is 0 Å². The number of nitrogens with one attached hydrogen (secondary N) is 2. The second kappa shape index (κ2) is 18.5. The van der Waals surface area contributed by atoms with E-state index < -0.39 is 17.8 Å². The van der Waals surface area contributed by atoms with Gasteiger partial charge in [0.1, 0.15) is 5.52 Å². The van der Waals surface area contributed by atoms with Gasteiger partial charge in [-0.05, 0) is 154 Å². The summed E-state index contributed by atoms with van der Waals surface area (Å²) >= 11 is 2.95. The van der Waals surface area contributed by atoms with Crippen molar-refractivity contribution < 1.29 is 24.9 Å². The number of thiophene rings is 2. The molecule has 61 heavy (non-hydrogen) atoms. The molecule has 1 aliphatic heterocycles. The Morgan fingerprint density at radius 1 is 1.00 bits per heavy atom. The number of amides is 1. The molecule has 2 saturated carbocycles. The van der Waals surface area contributed by atoms with E-state index in [0.29, 0.717) is 54.6 Å². The minimum absolute atomic E-state index is 0.00272. The Hall–Kier alpha value is -3.82. The first-order valence-electron chi connectivity index (χ1n) is 22.6. The van der Waals surface area contributed by atoms with Gasteiger partial charge >= 0.3 is 0 Å². The highest BCUT2D eigenvalue weighted by Gasteiger charge is 2.45. The van der Waals surface area contributed by atoms with E-state index in [1.54, 1.807) is 0 Å². The molecule has 3 fully saturated rings. The van der Waals surface area contributed by atoms with Gasteiger partial charge in [-0.15, -0.1) is 27.8 Å². The zero-order valence-electron chi connectivity index (χ0n) is 35.2. The number of ketones is 1. The Labute approximate surface area is 366 Å². The average Bonchev–Trinajstić information content (AvgIpc) is 4.12. The summed E-state index contributed by atoms with van der Waals surface area (Å²) in [5.41, 5.74) is 5.55. The van der Waals surface area contributed by atoms with Gasteiger partial charge in [-0.3, -0.25) is 9.59 Å². The summed E-state index contributed by atoms with van der Waals surface area (Å²) in [6.45, 7) is 2.88. The van der Waals surface area contributed by atoms with E-state index >= 15 is 0 Å². The number of aryl methyl sites for hydroxylation is 2. The predicted octanol–water partition coefficient (Wildman–Crippen LogP) is 6.60. The third-order valence-electron chi connectivity index (χ3n) is 14.5. The van der Waals surface area contributed by atoms with Crippen LogP contribution >= 0.6 is 22.7 Å². The van der Waals surface area contributed by atoms with Crippen LogP contribution in [-0.2, 0) is 41.1 Å². The molecule has 11 nitrogen and oxygen atoms in total. The molecule has 3 aliphatic carbocycles. The van der Waals surface area contributed by atoms with Crippen LogP contribution in [0.1, 0.15) is 97.1 Å². The van der Waals surface area contributed by atoms with E-state index in [1.807, 2.05) is 47.8 Å². The van der Waals surface area contributed by atoms with Gasteiger partial charge in [-0.1, -0.05) is 41.6 Å². The van der Waals surface area contributed by atoms with Crippen LogP contribution in [0.15, 0.2) is 66.0 Å². The second-order valence-electron chi connectivity index (χ2n) is 18.2. The molecule has 13 heteroatoms. The van der Waals surface area contributed by atoms with Crippen molar-refractivity contribution in [1.82, 2.24) is 30.5 Å². The number of aliphatic hydroxyl groups is 3. The Morgan fingerprint density at radius 3 is 2.62 bits per heavy atom. The van der Waals surface area contributed by atoms with Gasteiger partial charge in [0.05, 0.1) is 23.8 Å². The van der Waals surface area contributed by atoms with E-state index in [1.165, 1.54) is 39.4 Å². The summed E-state index contributed by atoms with van der Waals surface area (Å²) in [6, 6.07) is 20.3. The van der Waals surface area contributed by atoms with Gasteiger partial charge in [-0.2, -0.15) is 0 Å². The quantitative estimate of drug-likeness (QED) is 0.0739. The molecule has 9 rings (SSSR count). The molecule has 4 unspecified atom stereocenters. The smallest absolute Gasteiger partial charge is 0.220 e. The van der Waals surface area contributed by atoms with Crippen LogP contribution in [-0.4, -0.2) is 91.3 Å². The normalized spacial score (nSPS) is 25.6. The Balaban J connectivity index is 0.763. The van der Waals surface area contributed by atoms with E-state index in [4.69, 9.17) is 0 Å². The Bertz CT molecular complexity index is 2290. The molecular formula is C48H60N6O5S2. The SMILES string of the molecule is CN(CCCn1nnc2cc(CNC[C@H](O)C3CCC(O)C4NC(=O)CCC43)c3c(c21)CCC3)C1CCC(CC(=O)[C@](O)(c2cccs2)c2ccc(-c3ccccc3)s2)CC1. The van der Waals surface area contributed by atoms with Gasteiger partial charge < -0.3 is 30.9 Å². The van der Waals surface area contributed by atoms with E-state index in [-0.39, 0.29) is 35.5 Å². The maximum absolute atomic E-state index is 14.1. The van der Waals surface area contributed by atoms with Crippen LogP contribution in [0, 0.1) is 17.8 Å². The van der Waals surface area contributed by atoms with Crippen molar-refractivity contribution in [2.75, 3.05) is 20.1 Å². The number of hydrogen-bond acceptors (Lipinski definition) is 11. The zero-order valence-corrected chi connectivity index (χ0v) is 36.8. The first-order valence-corrected chi connectivity index (χ1v) is 24.3. The first kappa shape index (κ1) is 42.5. The number of benzene rings is 2. The summed E-state index contributed by atoms with van der Waals surface area (Å²) < 4.78 is 2.11. The monoisotopic (exact) mass is 864 g/mol. The Morgan fingerprint density at radius 2 is 1.82 bits per heavy atom. The lowest BCUT2D eigenvalue weighted by Gasteiger charge is -2.45. The fraction of sp³-hybridized carbons (Fsp3) is 0.542. The van der Waals surface area contributed by atoms with Crippen molar-refractivity contribution in [3.8, 4) is 10.4 Å². The van der Waals surface area contributed by atoms with E-state index in [0.717, 1.165) is 92.4 Å². The molecule has 2 aromatic carbocycles. The molecule has 6 atom stereocenters. The molecule has 324 valence electrons. The minimum atomic E-state index is -1.63. The largest absolute Gasteiger partial charge is 0.392 e. The molecular weight excluding hydrogens is 805 g/mol. The van der Waals surface area contributed by atoms with E-state index in [9.17, 15) is 24.9 Å². The van der Waals surface area contributed by atoms with Crippen molar-refractivity contribution in [1.29, 1.82) is 0 Å². The summed E-state index contributed by atoms with van der Waals surface area (Å²) in [5, 5.41) is 51.8. The number of fused-ring (bicyclic) bond motifs is 4. The molecule has 0 bridgehead atoms. The zero-order chi connectivity index (χ0) is 42.1. The third kappa shape index (κ3) is 8.76. The number of carbonyl (C=O) groups excluding carboxylic acids is 2. The average molecular weight is 865 g/mol. The highest BCUT2D eigenvalue weighted by Crippen LogP contribution is 2.43. The lowest BCUT2D eigenvalue weighted by atomic mass is 9.68. The highest BCUT2D eigenvalue weighted by molar-refractivity contribution is 7.16. The number of hydrogen-bond donors (Lipinski definition) is 5. The number of Topliss-reactive ketones (excluding diaryl/α,β-unsaturated/α-hetero) is 1. The fourth-order valence-corrected chi connectivity index (χ4v) is 13.2. The molecule has 4 heterocycles. The van der Waals surface area contributed by atoms with Crippen molar-refractivity contribution >= 4 is 45.4 Å². The van der Waals surface area contributed by atoms with Crippen LogP contribution in [0.5, 0.6) is 0 Å². The number of carbonyl (C=O) groups is 2. The maximum Gasteiger partial charge on any atom is 0.220 e. The van der Waals surface area contributed by atoms with Crippen LogP contribution in [0.25, 0.3) is 21.5 Å². The van der Waals surface area contributed by atoms with Crippen molar-refractivity contribution in [3.63, 3.8) is 0 Å². The number of rotatable bonds is 16. The van der Waals surface area contributed by atoms with Gasteiger partial charge in [0, 0.05) is 53.1 Å². The topological polar surface area (TPSA) is 153 Å². The summed E-state index contributed by atoms with van der Waals surface area (Å²) in [6.07, 6.45) is 10.00. The molecule has 5 N–H and O–H groups in total. The predicted molar refractivity (Wildman–Crippen MR) is 240 cm³/mol. The van der Waals surface area contributed by atoms with Crippen LogP contribution in [0.3, 0.4) is 0 Å². The molecule has 1 amide bonds. The standard InChI is InChI=1S/C48H60N6O5S2/c1-53(33-15-13-30(14-16-33)26-42(57)48(59,43-12-6-25-60-43)44-21-20-41(61-44)31-8-3-2-4-9-31)23-7-24-54-47-37-11-5-10-34(37)32(27-38(47)51-52-54)28-49-29-40(56)35-17-19-39(55)46-36(35)18-22-45(58)50-46/h2-4,6,8-9,12,20-21,25,27,30,33,35-36,39-40,46,49,55-56,59H,5,7,10-11,13-19,22-24,26,28-29H2,1H3,(H,50,58)/t30?,33?,35?,36?,39?,40-,46?,48-/m0/s1. The number of aromatic nitrogens is 3. The van der Waals surface area contributed by atoms with Gasteiger partial charge in [0.15, 0.2) is 11.4 Å². The molecule has 4 aliphatic rings. The van der Waals surface area contributed by atoms with Gasteiger partial charge in [0.2, 0.25) is 5.91 Å². The summed E-state index contributed by atoms with van der Waals surface area (Å²) in [5.74, 6) is 0.304.